The fourth-order valence-corrected chi connectivity index (χ4v) is 2.42. The minimum atomic E-state index is 0.914. The molecule has 0 saturated carbocycles. The lowest BCUT2D eigenvalue weighted by molar-refractivity contribution is 1.06. The van der Waals surface area contributed by atoms with Crippen LogP contribution in [0.15, 0.2) is 91.0 Å². The lowest BCUT2D eigenvalue weighted by Gasteiger charge is -2.03. The van der Waals surface area contributed by atoms with Gasteiger partial charge < -0.3 is 9.13 Å². The van der Waals surface area contributed by atoms with E-state index in [1.807, 2.05) is 76.3 Å². The average molecular weight is 313 g/mol. The first-order chi connectivity index (χ1) is 11.9. The molecule has 2 aromatic heterocycles. The third-order valence-corrected chi connectivity index (χ3v) is 3.71. The van der Waals surface area contributed by atoms with E-state index in [4.69, 9.17) is 0 Å². The Labute approximate surface area is 139 Å². The van der Waals surface area contributed by atoms with Gasteiger partial charge in [0.2, 0.25) is 0 Å². The van der Waals surface area contributed by atoms with Gasteiger partial charge in [0.15, 0.2) is 0 Å². The fraction of sp³-hybridized carbons (Fsp3) is 0. The summed E-state index contributed by atoms with van der Waals surface area (Å²) in [6.45, 7) is 0. The molecule has 0 atom stereocenters. The minimum absolute atomic E-state index is 0.914. The van der Waals surface area contributed by atoms with Gasteiger partial charge in [0.05, 0.1) is 18.3 Å². The molecule has 0 fully saturated rings. The standard InChI is InChI=1S/C19H15N5/c1-5-18(23-11-9-20-14-23)6-2-16(1)13-22-17-3-7-19(8-4-17)24-12-10-21-15-24/h1-15H. The normalized spacial score (nSPS) is 11.2. The molecule has 0 aliphatic rings. The van der Waals surface area contributed by atoms with Gasteiger partial charge in [0, 0.05) is 42.4 Å². The zero-order valence-electron chi connectivity index (χ0n) is 12.9. The summed E-state index contributed by atoms with van der Waals surface area (Å²) in [5, 5.41) is 0. The molecule has 0 amide bonds. The summed E-state index contributed by atoms with van der Waals surface area (Å²) >= 11 is 0. The SMILES string of the molecule is C(=Nc1ccc(-n2ccnc2)cc1)c1ccc(-n2ccnc2)cc1. The van der Waals surface area contributed by atoms with E-state index in [1.165, 1.54) is 0 Å². The van der Waals surface area contributed by atoms with Gasteiger partial charge in [0.1, 0.15) is 0 Å². The number of benzene rings is 2. The summed E-state index contributed by atoms with van der Waals surface area (Å²) in [6.07, 6.45) is 12.8. The minimum Gasteiger partial charge on any atom is -0.306 e. The van der Waals surface area contributed by atoms with Crippen LogP contribution >= 0.6 is 0 Å². The first-order valence-electron chi connectivity index (χ1n) is 7.59. The fourth-order valence-electron chi connectivity index (χ4n) is 2.42. The summed E-state index contributed by atoms with van der Waals surface area (Å²) in [7, 11) is 0. The Morgan fingerprint density at radius 1 is 0.708 bits per heavy atom. The number of nitrogens with zero attached hydrogens (tertiary/aromatic N) is 5. The predicted octanol–water partition coefficient (Wildman–Crippen LogP) is 3.81. The van der Waals surface area contributed by atoms with Crippen molar-refractivity contribution in [2.45, 2.75) is 0 Å². The summed E-state index contributed by atoms with van der Waals surface area (Å²) in [4.78, 5) is 12.6. The van der Waals surface area contributed by atoms with Crippen LogP contribution in [-0.2, 0) is 0 Å². The Kier molecular flexibility index (Phi) is 3.73. The second-order valence-electron chi connectivity index (χ2n) is 5.31. The maximum absolute atomic E-state index is 4.52. The smallest absolute Gasteiger partial charge is 0.0991 e. The van der Waals surface area contributed by atoms with Crippen LogP contribution in [-0.4, -0.2) is 25.3 Å². The lowest BCUT2D eigenvalue weighted by atomic mass is 10.2. The summed E-state index contributed by atoms with van der Waals surface area (Å²) in [6, 6.07) is 16.2. The van der Waals surface area contributed by atoms with E-state index in [-0.39, 0.29) is 0 Å². The second kappa shape index (κ2) is 6.34. The Bertz CT molecular complexity index is 839. The molecule has 0 spiro atoms. The lowest BCUT2D eigenvalue weighted by Crippen LogP contribution is -1.90. The van der Waals surface area contributed by atoms with Crippen LogP contribution in [0.2, 0.25) is 0 Å². The van der Waals surface area contributed by atoms with Crippen LogP contribution in [0.4, 0.5) is 5.69 Å². The van der Waals surface area contributed by atoms with Crippen LogP contribution in [0, 0.1) is 0 Å². The highest BCUT2D eigenvalue weighted by Crippen LogP contribution is 2.16. The summed E-state index contributed by atoms with van der Waals surface area (Å²) in [5.74, 6) is 0. The van der Waals surface area contributed by atoms with Gasteiger partial charge in [-0.25, -0.2) is 9.97 Å². The van der Waals surface area contributed by atoms with Crippen molar-refractivity contribution in [3.63, 3.8) is 0 Å². The quantitative estimate of drug-likeness (QED) is 0.538. The van der Waals surface area contributed by atoms with Crippen molar-refractivity contribution >= 4 is 11.9 Å². The number of rotatable bonds is 4. The molecule has 116 valence electrons. The number of aromatic nitrogens is 4. The molecule has 5 heteroatoms. The van der Waals surface area contributed by atoms with Crippen LogP contribution in [0.5, 0.6) is 0 Å². The highest BCUT2D eigenvalue weighted by atomic mass is 15.0. The molecule has 0 aliphatic carbocycles. The molecule has 2 heterocycles. The first-order valence-corrected chi connectivity index (χ1v) is 7.59. The molecule has 4 aromatic rings. The van der Waals surface area contributed by atoms with Gasteiger partial charge in [-0.3, -0.25) is 4.99 Å². The largest absolute Gasteiger partial charge is 0.306 e. The zero-order chi connectivity index (χ0) is 16.2. The Balaban J connectivity index is 1.48. The Morgan fingerprint density at radius 2 is 1.25 bits per heavy atom. The van der Waals surface area contributed by atoms with Gasteiger partial charge in [-0.1, -0.05) is 12.1 Å². The van der Waals surface area contributed by atoms with Gasteiger partial charge >= 0.3 is 0 Å². The molecular formula is C19H15N5. The number of hydrogen-bond acceptors (Lipinski definition) is 3. The molecule has 0 bridgehead atoms. The van der Waals surface area contributed by atoms with Crippen LogP contribution in [0.25, 0.3) is 11.4 Å². The summed E-state index contributed by atoms with van der Waals surface area (Å²) in [5.41, 5.74) is 4.11. The summed E-state index contributed by atoms with van der Waals surface area (Å²) < 4.78 is 3.93. The highest BCUT2D eigenvalue weighted by Gasteiger charge is 1.97. The van der Waals surface area contributed by atoms with E-state index in [9.17, 15) is 0 Å². The topological polar surface area (TPSA) is 48.0 Å². The van der Waals surface area contributed by atoms with E-state index < -0.39 is 0 Å². The number of hydrogen-bond donors (Lipinski definition) is 0. The molecule has 24 heavy (non-hydrogen) atoms. The van der Waals surface area contributed by atoms with Crippen molar-refractivity contribution in [2.24, 2.45) is 4.99 Å². The van der Waals surface area contributed by atoms with Crippen LogP contribution in [0.3, 0.4) is 0 Å². The van der Waals surface area contributed by atoms with E-state index >= 15 is 0 Å². The van der Waals surface area contributed by atoms with Crippen molar-refractivity contribution < 1.29 is 0 Å². The molecule has 0 saturated heterocycles. The average Bonchev–Trinajstić information content (AvgIpc) is 3.34. The molecular weight excluding hydrogens is 298 g/mol. The van der Waals surface area contributed by atoms with Gasteiger partial charge in [-0.05, 0) is 42.0 Å². The maximum atomic E-state index is 4.52. The first kappa shape index (κ1) is 14.1. The van der Waals surface area contributed by atoms with Crippen molar-refractivity contribution in [1.82, 2.24) is 19.1 Å². The second-order valence-corrected chi connectivity index (χ2v) is 5.31. The van der Waals surface area contributed by atoms with Crippen LogP contribution in [0.1, 0.15) is 5.56 Å². The Hall–Kier alpha value is -3.47. The van der Waals surface area contributed by atoms with E-state index in [0.29, 0.717) is 0 Å². The number of aliphatic imine (C=N–C) groups is 1. The van der Waals surface area contributed by atoms with E-state index in [2.05, 4.69) is 15.0 Å². The van der Waals surface area contributed by atoms with E-state index in [0.717, 1.165) is 22.6 Å². The van der Waals surface area contributed by atoms with Crippen molar-refractivity contribution in [2.75, 3.05) is 0 Å². The third-order valence-electron chi connectivity index (χ3n) is 3.71. The molecule has 0 radical (unpaired) electrons. The van der Waals surface area contributed by atoms with Gasteiger partial charge in [-0.2, -0.15) is 0 Å². The van der Waals surface area contributed by atoms with Crippen molar-refractivity contribution in [3.05, 3.63) is 91.5 Å². The number of imidazole rings is 2. The molecule has 4 rings (SSSR count). The molecule has 0 N–H and O–H groups in total. The van der Waals surface area contributed by atoms with Gasteiger partial charge in [0.25, 0.3) is 0 Å². The third kappa shape index (κ3) is 3.01. The van der Waals surface area contributed by atoms with Crippen molar-refractivity contribution in [1.29, 1.82) is 0 Å². The molecule has 2 aromatic carbocycles. The van der Waals surface area contributed by atoms with Crippen LogP contribution < -0.4 is 0 Å². The van der Waals surface area contributed by atoms with E-state index in [1.54, 1.807) is 25.0 Å². The predicted molar refractivity (Wildman–Crippen MR) is 94.4 cm³/mol. The highest BCUT2D eigenvalue weighted by molar-refractivity contribution is 5.82. The Morgan fingerprint density at radius 3 is 1.75 bits per heavy atom. The molecule has 5 nitrogen and oxygen atoms in total. The monoisotopic (exact) mass is 313 g/mol. The van der Waals surface area contributed by atoms with Crippen molar-refractivity contribution in [3.8, 4) is 11.4 Å². The molecule has 0 unspecified atom stereocenters. The zero-order valence-corrected chi connectivity index (χ0v) is 12.9. The maximum Gasteiger partial charge on any atom is 0.0991 e. The molecule has 0 aliphatic heterocycles. The van der Waals surface area contributed by atoms with Gasteiger partial charge in [-0.15, -0.1) is 0 Å².